The van der Waals surface area contributed by atoms with Gasteiger partial charge in [-0.05, 0) is 36.2 Å². The number of aryl methyl sites for hydroxylation is 1. The molecular weight excluding hydrogens is 284 g/mol. The summed E-state index contributed by atoms with van der Waals surface area (Å²) >= 11 is 0. The van der Waals surface area contributed by atoms with Crippen molar-refractivity contribution in [1.82, 2.24) is 0 Å². The fourth-order valence-corrected chi connectivity index (χ4v) is 2.56. The van der Waals surface area contributed by atoms with Gasteiger partial charge in [-0.25, -0.2) is 0 Å². The molecule has 0 spiro atoms. The van der Waals surface area contributed by atoms with E-state index in [0.717, 1.165) is 35.9 Å². The maximum Gasteiger partial charge on any atom is 0.189 e. The predicted octanol–water partition coefficient (Wildman–Crippen LogP) is 3.03. The molecule has 6 heteroatoms. The van der Waals surface area contributed by atoms with E-state index in [1.54, 1.807) is 12.1 Å². The van der Waals surface area contributed by atoms with Crippen LogP contribution in [-0.4, -0.2) is 32.5 Å². The Balaban J connectivity index is 2.53. The second-order valence-electron chi connectivity index (χ2n) is 6.14. The zero-order valence-corrected chi connectivity index (χ0v) is 14.3. The second kappa shape index (κ2) is 8.04. The molecule has 0 amide bonds. The highest BCUT2D eigenvalue weighted by Crippen LogP contribution is 2.19. The van der Waals surface area contributed by atoms with Gasteiger partial charge in [0.25, 0.3) is 0 Å². The lowest BCUT2D eigenvalue weighted by molar-refractivity contribution is 0.0220. The molecule has 0 aliphatic rings. The molecular formula is C15H26N2O3Si. The summed E-state index contributed by atoms with van der Waals surface area (Å²) in [5, 5.41) is 11.8. The van der Waals surface area contributed by atoms with Crippen LogP contribution in [0.2, 0.25) is 25.7 Å². The molecule has 5 nitrogen and oxygen atoms in total. The number of amidine groups is 1. The van der Waals surface area contributed by atoms with E-state index < -0.39 is 8.07 Å². The maximum absolute atomic E-state index is 8.76. The highest BCUT2D eigenvalue weighted by Gasteiger charge is 2.12. The molecule has 1 aromatic rings. The molecule has 0 saturated heterocycles. The largest absolute Gasteiger partial charge is 0.468 e. The first kappa shape index (κ1) is 17.5. The van der Waals surface area contributed by atoms with Crippen LogP contribution in [0.5, 0.6) is 5.75 Å². The van der Waals surface area contributed by atoms with Crippen LogP contribution >= 0.6 is 0 Å². The van der Waals surface area contributed by atoms with Crippen molar-refractivity contribution >= 4 is 13.9 Å². The van der Waals surface area contributed by atoms with Gasteiger partial charge in [0.05, 0.1) is 0 Å². The van der Waals surface area contributed by atoms with E-state index >= 15 is 0 Å². The van der Waals surface area contributed by atoms with Gasteiger partial charge in [-0.15, -0.1) is 0 Å². The van der Waals surface area contributed by atoms with E-state index in [4.69, 9.17) is 20.4 Å². The molecule has 0 atom stereocenters. The average Bonchev–Trinajstić information content (AvgIpc) is 2.44. The van der Waals surface area contributed by atoms with Gasteiger partial charge in [0, 0.05) is 20.2 Å². The third-order valence-corrected chi connectivity index (χ3v) is 4.85. The number of oxime groups is 1. The molecule has 0 bridgehead atoms. The van der Waals surface area contributed by atoms with Crippen LogP contribution in [0.15, 0.2) is 23.4 Å². The van der Waals surface area contributed by atoms with Crippen molar-refractivity contribution in [2.75, 3.05) is 13.4 Å². The van der Waals surface area contributed by atoms with Gasteiger partial charge in [0.15, 0.2) is 12.6 Å². The van der Waals surface area contributed by atoms with Crippen molar-refractivity contribution in [2.24, 2.45) is 10.9 Å². The number of nitrogens with zero attached hydrogens (tertiary/aromatic N) is 1. The average molecular weight is 310 g/mol. The Labute approximate surface area is 127 Å². The Morgan fingerprint density at radius 1 is 1.33 bits per heavy atom. The molecule has 0 radical (unpaired) electrons. The minimum absolute atomic E-state index is 0.116. The van der Waals surface area contributed by atoms with Crippen molar-refractivity contribution in [3.8, 4) is 5.75 Å². The first-order valence-corrected chi connectivity index (χ1v) is 10.9. The third-order valence-electron chi connectivity index (χ3n) is 3.15. The van der Waals surface area contributed by atoms with Crippen LogP contribution < -0.4 is 10.5 Å². The molecule has 0 heterocycles. The lowest BCUT2D eigenvalue weighted by atomic mass is 10.0. The van der Waals surface area contributed by atoms with Crippen LogP contribution in [0.25, 0.3) is 0 Å². The van der Waals surface area contributed by atoms with Crippen molar-refractivity contribution in [3.05, 3.63) is 29.3 Å². The molecule has 1 rings (SSSR count). The summed E-state index contributed by atoms with van der Waals surface area (Å²) in [5.41, 5.74) is 7.34. The van der Waals surface area contributed by atoms with E-state index in [1.165, 1.54) is 0 Å². The van der Waals surface area contributed by atoms with Gasteiger partial charge in [-0.1, -0.05) is 31.7 Å². The van der Waals surface area contributed by atoms with Crippen LogP contribution in [0, 0.1) is 0 Å². The van der Waals surface area contributed by atoms with E-state index in [9.17, 15) is 0 Å². The fourth-order valence-electron chi connectivity index (χ4n) is 1.80. The zero-order valence-electron chi connectivity index (χ0n) is 13.3. The number of benzene rings is 1. The molecule has 0 aromatic heterocycles. The number of ether oxygens (including phenoxy) is 2. The zero-order chi connectivity index (χ0) is 15.9. The molecule has 0 aliphatic carbocycles. The number of rotatable bonds is 8. The second-order valence-corrected chi connectivity index (χ2v) is 11.8. The van der Waals surface area contributed by atoms with Gasteiger partial charge in [-0.2, -0.15) is 0 Å². The lowest BCUT2D eigenvalue weighted by Gasteiger charge is -2.16. The molecule has 1 aromatic carbocycles. The smallest absolute Gasteiger partial charge is 0.189 e. The van der Waals surface area contributed by atoms with Crippen molar-refractivity contribution in [1.29, 1.82) is 0 Å². The molecule has 0 unspecified atom stereocenters. The Morgan fingerprint density at radius 2 is 2.05 bits per heavy atom. The predicted molar refractivity (Wildman–Crippen MR) is 87.9 cm³/mol. The summed E-state index contributed by atoms with van der Waals surface area (Å²) in [5.74, 6) is 0.846. The summed E-state index contributed by atoms with van der Waals surface area (Å²) < 4.78 is 11.1. The van der Waals surface area contributed by atoms with Crippen LogP contribution in [-0.2, 0) is 11.2 Å². The first-order valence-electron chi connectivity index (χ1n) is 7.18. The van der Waals surface area contributed by atoms with Crippen LogP contribution in [0.4, 0.5) is 0 Å². The number of hydrogen-bond donors (Lipinski definition) is 2. The maximum atomic E-state index is 8.76. The quantitative estimate of drug-likeness (QED) is 0.147. The van der Waals surface area contributed by atoms with E-state index in [-0.39, 0.29) is 12.6 Å². The summed E-state index contributed by atoms with van der Waals surface area (Å²) in [6.07, 6.45) is 0.777. The highest BCUT2D eigenvalue weighted by atomic mass is 28.3. The lowest BCUT2D eigenvalue weighted by Crippen LogP contribution is -2.22. The molecule has 118 valence electrons. The fraction of sp³-hybridized carbons (Fsp3) is 0.533. The SMILES string of the molecule is CCc1cc(OCOCC[Si](C)(C)C)ccc1/C(N)=N/O. The van der Waals surface area contributed by atoms with Gasteiger partial charge in [0.2, 0.25) is 0 Å². The Kier molecular flexibility index (Phi) is 6.71. The van der Waals surface area contributed by atoms with Crippen LogP contribution in [0.1, 0.15) is 18.1 Å². The summed E-state index contributed by atoms with van der Waals surface area (Å²) in [7, 11) is -1.06. The molecule has 0 saturated carbocycles. The minimum Gasteiger partial charge on any atom is -0.468 e. The Morgan fingerprint density at radius 3 is 2.62 bits per heavy atom. The molecule has 21 heavy (non-hydrogen) atoms. The van der Waals surface area contributed by atoms with Gasteiger partial charge in [0.1, 0.15) is 5.75 Å². The normalized spacial score (nSPS) is 12.5. The van der Waals surface area contributed by atoms with E-state index in [2.05, 4.69) is 24.8 Å². The molecule has 0 aliphatic heterocycles. The Hall–Kier alpha value is -1.53. The summed E-state index contributed by atoms with van der Waals surface area (Å²) in [6, 6.07) is 6.62. The number of hydrogen-bond acceptors (Lipinski definition) is 4. The topological polar surface area (TPSA) is 77.1 Å². The Bertz CT molecular complexity index is 484. The summed E-state index contributed by atoms with van der Waals surface area (Å²) in [4.78, 5) is 0. The third kappa shape index (κ3) is 6.18. The van der Waals surface area contributed by atoms with Crippen molar-refractivity contribution < 1.29 is 14.7 Å². The van der Waals surface area contributed by atoms with Gasteiger partial charge in [-0.3, -0.25) is 0 Å². The first-order chi connectivity index (χ1) is 9.87. The summed E-state index contributed by atoms with van der Waals surface area (Å²) in [6.45, 7) is 9.94. The van der Waals surface area contributed by atoms with Crippen LogP contribution in [0.3, 0.4) is 0 Å². The van der Waals surface area contributed by atoms with Crippen molar-refractivity contribution in [2.45, 2.75) is 39.0 Å². The van der Waals surface area contributed by atoms with Crippen molar-refractivity contribution in [3.63, 3.8) is 0 Å². The highest BCUT2D eigenvalue weighted by molar-refractivity contribution is 6.76. The van der Waals surface area contributed by atoms with E-state index in [0.29, 0.717) is 0 Å². The monoisotopic (exact) mass is 310 g/mol. The van der Waals surface area contributed by atoms with E-state index in [1.807, 2.05) is 13.0 Å². The number of nitrogens with two attached hydrogens (primary N) is 1. The van der Waals surface area contributed by atoms with Gasteiger partial charge >= 0.3 is 0 Å². The minimum atomic E-state index is -1.06. The molecule has 3 N–H and O–H groups in total. The van der Waals surface area contributed by atoms with Gasteiger partial charge < -0.3 is 20.4 Å². The molecule has 0 fully saturated rings. The standard InChI is InChI=1S/C15H26N2O3Si/c1-5-12-10-13(6-7-14(12)15(16)17-18)20-11-19-8-9-21(2,3)4/h6-7,10,18H,5,8-9,11H2,1-4H3,(H2,16,17).